The minimum absolute atomic E-state index is 0.0610. The number of hydrogen-bond acceptors (Lipinski definition) is 5. The second-order valence-electron chi connectivity index (χ2n) is 6.35. The quantitative estimate of drug-likeness (QED) is 0.518. The summed E-state index contributed by atoms with van der Waals surface area (Å²) in [7, 11) is 1.93. The minimum Gasteiger partial charge on any atom is -0.327 e. The number of para-hydroxylation sites is 1. The molecule has 4 aromatic rings. The van der Waals surface area contributed by atoms with Crippen LogP contribution in [0, 0.1) is 5.82 Å². The van der Waals surface area contributed by atoms with Crippen molar-refractivity contribution in [1.82, 2.24) is 19.7 Å². The summed E-state index contributed by atoms with van der Waals surface area (Å²) in [6.07, 6.45) is 0.943. The number of hydrogen-bond donors (Lipinski definition) is 1. The highest BCUT2D eigenvalue weighted by atomic mass is 32.2. The average molecular weight is 395 g/mol. The summed E-state index contributed by atoms with van der Waals surface area (Å²) in [5, 5.41) is 12.5. The summed E-state index contributed by atoms with van der Waals surface area (Å²) in [6.45, 7) is 2.11. The van der Waals surface area contributed by atoms with E-state index >= 15 is 0 Å². The zero-order chi connectivity index (χ0) is 19.7. The van der Waals surface area contributed by atoms with Crippen LogP contribution in [0.15, 0.2) is 47.6 Å². The van der Waals surface area contributed by atoms with E-state index in [0.717, 1.165) is 40.2 Å². The molecule has 1 N–H and O–H groups in total. The Morgan fingerprint density at radius 3 is 2.82 bits per heavy atom. The molecule has 4 rings (SSSR count). The van der Waals surface area contributed by atoms with Gasteiger partial charge in [0.05, 0.1) is 17.0 Å². The first-order valence-corrected chi connectivity index (χ1v) is 9.84. The topological polar surface area (TPSA) is 72.7 Å². The van der Waals surface area contributed by atoms with E-state index in [2.05, 4.69) is 45.6 Å². The van der Waals surface area contributed by atoms with E-state index in [0.29, 0.717) is 5.16 Å². The van der Waals surface area contributed by atoms with Gasteiger partial charge in [-0.25, -0.2) is 9.37 Å². The number of carbonyl (C=O) groups excluding carboxylic acids is 1. The Morgan fingerprint density at radius 1 is 1.21 bits per heavy atom. The summed E-state index contributed by atoms with van der Waals surface area (Å²) < 4.78 is 15.6. The van der Waals surface area contributed by atoms with E-state index in [-0.39, 0.29) is 17.3 Å². The van der Waals surface area contributed by atoms with Crippen LogP contribution < -0.4 is 5.32 Å². The van der Waals surface area contributed by atoms with Crippen molar-refractivity contribution in [3.63, 3.8) is 0 Å². The Bertz CT molecular complexity index is 1190. The van der Waals surface area contributed by atoms with E-state index in [1.165, 1.54) is 17.7 Å². The van der Waals surface area contributed by atoms with Crippen LogP contribution in [0.2, 0.25) is 0 Å². The highest BCUT2D eigenvalue weighted by Crippen LogP contribution is 2.27. The molecule has 8 heteroatoms. The van der Waals surface area contributed by atoms with Crippen molar-refractivity contribution in [3.05, 3.63) is 53.8 Å². The fourth-order valence-electron chi connectivity index (χ4n) is 3.05. The van der Waals surface area contributed by atoms with Crippen LogP contribution in [0.3, 0.4) is 0 Å². The SMILES string of the molecule is CCc1ccc2c(c1)c1nnc(SCC(=O)Nc3ccccc3F)nc1n2C. The molecule has 6 nitrogen and oxygen atoms in total. The molecule has 0 radical (unpaired) electrons. The van der Waals surface area contributed by atoms with Gasteiger partial charge in [0.25, 0.3) is 0 Å². The highest BCUT2D eigenvalue weighted by Gasteiger charge is 2.14. The fraction of sp³-hybridized carbons (Fsp3) is 0.200. The van der Waals surface area contributed by atoms with Gasteiger partial charge in [0.1, 0.15) is 11.3 Å². The zero-order valence-electron chi connectivity index (χ0n) is 15.4. The Hall–Kier alpha value is -3.00. The molecule has 2 aromatic carbocycles. The second kappa shape index (κ2) is 7.55. The molecule has 0 saturated carbocycles. The number of carbonyl (C=O) groups is 1. The van der Waals surface area contributed by atoms with Gasteiger partial charge in [-0.05, 0) is 36.2 Å². The number of thioether (sulfide) groups is 1. The van der Waals surface area contributed by atoms with Gasteiger partial charge in [-0.3, -0.25) is 4.79 Å². The minimum atomic E-state index is -0.470. The number of rotatable bonds is 5. The Balaban J connectivity index is 1.55. The van der Waals surface area contributed by atoms with Gasteiger partial charge in [0, 0.05) is 12.4 Å². The summed E-state index contributed by atoms with van der Waals surface area (Å²) in [5.74, 6) is -0.739. The maximum absolute atomic E-state index is 13.6. The highest BCUT2D eigenvalue weighted by molar-refractivity contribution is 7.99. The van der Waals surface area contributed by atoms with Crippen LogP contribution >= 0.6 is 11.8 Å². The molecule has 0 aliphatic carbocycles. The van der Waals surface area contributed by atoms with Crippen molar-refractivity contribution >= 4 is 45.4 Å². The maximum atomic E-state index is 13.6. The standard InChI is InChI=1S/C20H18FN5OS/c1-3-12-8-9-16-13(10-12)18-19(26(16)2)23-20(25-24-18)28-11-17(27)22-15-7-5-4-6-14(15)21/h4-10H,3,11H2,1-2H3,(H,22,27). The molecule has 0 unspecified atom stereocenters. The molecule has 2 aromatic heterocycles. The molecule has 142 valence electrons. The largest absolute Gasteiger partial charge is 0.327 e. The maximum Gasteiger partial charge on any atom is 0.234 e. The van der Waals surface area contributed by atoms with Crippen LogP contribution in [-0.2, 0) is 18.3 Å². The molecular weight excluding hydrogens is 377 g/mol. The van der Waals surface area contributed by atoms with E-state index in [4.69, 9.17) is 0 Å². The smallest absolute Gasteiger partial charge is 0.234 e. The van der Waals surface area contributed by atoms with Crippen LogP contribution in [0.25, 0.3) is 22.1 Å². The lowest BCUT2D eigenvalue weighted by Crippen LogP contribution is -2.15. The predicted octanol–water partition coefficient (Wildman–Crippen LogP) is 3.95. The molecule has 0 saturated heterocycles. The Morgan fingerprint density at radius 2 is 2.04 bits per heavy atom. The van der Waals surface area contributed by atoms with E-state index in [9.17, 15) is 9.18 Å². The summed E-state index contributed by atoms with van der Waals surface area (Å²) in [5.41, 5.74) is 3.88. The lowest BCUT2D eigenvalue weighted by molar-refractivity contribution is -0.113. The molecule has 0 fully saturated rings. The van der Waals surface area contributed by atoms with Crippen LogP contribution in [0.4, 0.5) is 10.1 Å². The first-order chi connectivity index (χ1) is 13.6. The Labute approximate surface area is 165 Å². The van der Waals surface area contributed by atoms with Gasteiger partial charge < -0.3 is 9.88 Å². The summed E-state index contributed by atoms with van der Waals surface area (Å²) in [6, 6.07) is 12.3. The number of anilines is 1. The lowest BCUT2D eigenvalue weighted by atomic mass is 10.1. The van der Waals surface area contributed by atoms with Crippen LogP contribution in [-0.4, -0.2) is 31.4 Å². The number of halogens is 1. The molecule has 0 bridgehead atoms. The number of aromatic nitrogens is 4. The van der Waals surface area contributed by atoms with Crippen molar-refractivity contribution in [1.29, 1.82) is 0 Å². The molecule has 28 heavy (non-hydrogen) atoms. The molecule has 1 amide bonds. The number of aryl methyl sites for hydroxylation is 2. The molecular formula is C20H18FN5OS. The van der Waals surface area contributed by atoms with Crippen LogP contribution in [0.1, 0.15) is 12.5 Å². The molecule has 2 heterocycles. The van der Waals surface area contributed by atoms with E-state index in [1.807, 2.05) is 11.6 Å². The third kappa shape index (κ3) is 3.43. The number of fused-ring (bicyclic) bond motifs is 3. The van der Waals surface area contributed by atoms with E-state index < -0.39 is 5.82 Å². The monoisotopic (exact) mass is 395 g/mol. The normalized spacial score (nSPS) is 11.2. The average Bonchev–Trinajstić information content (AvgIpc) is 2.99. The summed E-state index contributed by atoms with van der Waals surface area (Å²) in [4.78, 5) is 16.7. The van der Waals surface area contributed by atoms with Crippen molar-refractivity contribution in [3.8, 4) is 0 Å². The second-order valence-corrected chi connectivity index (χ2v) is 7.29. The zero-order valence-corrected chi connectivity index (χ0v) is 16.3. The van der Waals surface area contributed by atoms with Crippen molar-refractivity contribution < 1.29 is 9.18 Å². The number of benzene rings is 2. The van der Waals surface area contributed by atoms with Gasteiger partial charge in [-0.1, -0.05) is 36.9 Å². The van der Waals surface area contributed by atoms with Crippen LogP contribution in [0.5, 0.6) is 0 Å². The van der Waals surface area contributed by atoms with Gasteiger partial charge >= 0.3 is 0 Å². The predicted molar refractivity (Wildman–Crippen MR) is 109 cm³/mol. The van der Waals surface area contributed by atoms with Gasteiger partial charge in [0.2, 0.25) is 11.1 Å². The third-order valence-corrected chi connectivity index (χ3v) is 5.37. The molecule has 0 aliphatic heterocycles. The summed E-state index contributed by atoms with van der Waals surface area (Å²) >= 11 is 1.16. The lowest BCUT2D eigenvalue weighted by Gasteiger charge is -2.05. The Kier molecular flexibility index (Phi) is 4.95. The fourth-order valence-corrected chi connectivity index (χ4v) is 3.63. The molecule has 0 aliphatic rings. The number of nitrogens with zero attached hydrogens (tertiary/aromatic N) is 4. The van der Waals surface area contributed by atoms with Crippen molar-refractivity contribution in [2.75, 3.05) is 11.1 Å². The first kappa shape index (κ1) is 18.4. The van der Waals surface area contributed by atoms with Gasteiger partial charge in [-0.15, -0.1) is 10.2 Å². The molecule has 0 atom stereocenters. The van der Waals surface area contributed by atoms with Gasteiger partial charge in [-0.2, -0.15) is 0 Å². The van der Waals surface area contributed by atoms with Crippen molar-refractivity contribution in [2.24, 2.45) is 7.05 Å². The van der Waals surface area contributed by atoms with E-state index in [1.54, 1.807) is 12.1 Å². The number of amides is 1. The van der Waals surface area contributed by atoms with Crippen molar-refractivity contribution in [2.45, 2.75) is 18.5 Å². The molecule has 0 spiro atoms. The first-order valence-electron chi connectivity index (χ1n) is 8.85. The van der Waals surface area contributed by atoms with Gasteiger partial charge in [0.15, 0.2) is 5.65 Å². The number of nitrogens with one attached hydrogen (secondary N) is 1. The third-order valence-electron chi connectivity index (χ3n) is 4.53.